The monoisotopic (exact) mass is 273 g/mol. The topological polar surface area (TPSA) is 81.8 Å². The van der Waals surface area contributed by atoms with Crippen LogP contribution in [0.1, 0.15) is 18.4 Å². The molecule has 5 nitrogen and oxygen atoms in total. The van der Waals surface area contributed by atoms with Crippen molar-refractivity contribution < 1.29 is 19.4 Å². The quantitative estimate of drug-likeness (QED) is 0.856. The predicted molar refractivity (Wildman–Crippen MR) is 68.6 cm³/mol. The zero-order valence-corrected chi connectivity index (χ0v) is 11.2. The maximum atomic E-state index is 10.9. The summed E-state index contributed by atoms with van der Waals surface area (Å²) in [6.45, 7) is 1.72. The molecule has 3 N–H and O–H groups in total. The van der Waals surface area contributed by atoms with Crippen molar-refractivity contribution in [2.75, 3.05) is 14.2 Å². The molecule has 0 saturated heterocycles. The third-order valence-corrected chi connectivity index (χ3v) is 3.09. The molecule has 0 aliphatic carbocycles. The predicted octanol–water partition coefficient (Wildman–Crippen LogP) is 1.87. The minimum atomic E-state index is -1.06. The molecule has 0 spiro atoms. The first-order valence-corrected chi connectivity index (χ1v) is 5.70. The van der Waals surface area contributed by atoms with E-state index in [1.807, 2.05) is 0 Å². The number of rotatable bonds is 5. The Hall–Kier alpha value is -1.46. The van der Waals surface area contributed by atoms with Crippen LogP contribution in [0.2, 0.25) is 5.02 Å². The molecule has 0 aliphatic heterocycles. The lowest BCUT2D eigenvalue weighted by atomic mass is 9.93. The Bertz CT molecular complexity index is 450. The van der Waals surface area contributed by atoms with Crippen LogP contribution in [0, 0.1) is 0 Å². The molecule has 0 saturated carbocycles. The summed E-state index contributed by atoms with van der Waals surface area (Å²) in [7, 11) is 2.97. The van der Waals surface area contributed by atoms with E-state index >= 15 is 0 Å². The molecule has 0 bridgehead atoms. The van der Waals surface area contributed by atoms with Crippen LogP contribution < -0.4 is 15.2 Å². The van der Waals surface area contributed by atoms with Gasteiger partial charge in [0.05, 0.1) is 19.2 Å². The van der Waals surface area contributed by atoms with Crippen LogP contribution in [-0.4, -0.2) is 31.3 Å². The summed E-state index contributed by atoms with van der Waals surface area (Å²) >= 11 is 6.05. The second-order valence-corrected chi connectivity index (χ2v) is 4.30. The number of carboxylic acid groups (broad SMARTS) is 1. The Kier molecular flexibility index (Phi) is 4.81. The summed E-state index contributed by atoms with van der Waals surface area (Å²) in [5, 5.41) is 9.25. The summed E-state index contributed by atoms with van der Waals surface area (Å²) in [6, 6.07) is 2.31. The summed E-state index contributed by atoms with van der Waals surface area (Å²) in [5.41, 5.74) is 6.28. The number of halogens is 1. The lowest BCUT2D eigenvalue weighted by Crippen LogP contribution is -2.35. The van der Waals surface area contributed by atoms with E-state index in [-0.39, 0.29) is 5.92 Å². The second kappa shape index (κ2) is 5.93. The highest BCUT2D eigenvalue weighted by molar-refractivity contribution is 6.32. The molecule has 0 amide bonds. The summed E-state index contributed by atoms with van der Waals surface area (Å²) < 4.78 is 10.3. The third kappa shape index (κ3) is 2.86. The van der Waals surface area contributed by atoms with Gasteiger partial charge in [0, 0.05) is 5.92 Å². The van der Waals surface area contributed by atoms with Crippen LogP contribution in [0.3, 0.4) is 0 Å². The first-order chi connectivity index (χ1) is 8.42. The summed E-state index contributed by atoms with van der Waals surface area (Å²) in [5.74, 6) is -0.586. The molecule has 1 aromatic rings. The minimum absolute atomic E-state index is 0.358. The fourth-order valence-electron chi connectivity index (χ4n) is 1.62. The number of benzene rings is 1. The van der Waals surface area contributed by atoms with Gasteiger partial charge in [-0.2, -0.15) is 0 Å². The largest absolute Gasteiger partial charge is 0.493 e. The number of hydrogen-bond donors (Lipinski definition) is 2. The van der Waals surface area contributed by atoms with E-state index in [0.717, 1.165) is 0 Å². The van der Waals surface area contributed by atoms with Crippen LogP contribution >= 0.6 is 11.6 Å². The van der Waals surface area contributed by atoms with Crippen molar-refractivity contribution in [3.8, 4) is 11.5 Å². The number of aliphatic carboxylic acids is 1. The van der Waals surface area contributed by atoms with E-state index in [4.69, 9.17) is 31.9 Å². The van der Waals surface area contributed by atoms with Crippen molar-refractivity contribution in [2.45, 2.75) is 18.9 Å². The van der Waals surface area contributed by atoms with Crippen molar-refractivity contribution in [1.82, 2.24) is 0 Å². The van der Waals surface area contributed by atoms with E-state index in [2.05, 4.69) is 0 Å². The average molecular weight is 274 g/mol. The molecule has 0 radical (unpaired) electrons. The first-order valence-electron chi connectivity index (χ1n) is 5.32. The molecule has 0 fully saturated rings. The second-order valence-electron chi connectivity index (χ2n) is 3.89. The Morgan fingerprint density at radius 2 is 2.00 bits per heavy atom. The third-order valence-electron chi connectivity index (χ3n) is 2.81. The van der Waals surface area contributed by atoms with E-state index in [9.17, 15) is 4.79 Å². The zero-order valence-electron chi connectivity index (χ0n) is 10.4. The normalized spacial score (nSPS) is 13.8. The van der Waals surface area contributed by atoms with Gasteiger partial charge in [-0.15, -0.1) is 0 Å². The van der Waals surface area contributed by atoms with Crippen LogP contribution in [0.5, 0.6) is 11.5 Å². The van der Waals surface area contributed by atoms with Gasteiger partial charge in [-0.1, -0.05) is 18.5 Å². The van der Waals surface area contributed by atoms with E-state index in [0.29, 0.717) is 22.1 Å². The van der Waals surface area contributed by atoms with Crippen molar-refractivity contribution in [1.29, 1.82) is 0 Å². The van der Waals surface area contributed by atoms with Crippen LogP contribution in [0.15, 0.2) is 12.1 Å². The fraction of sp³-hybridized carbons (Fsp3) is 0.417. The molecule has 100 valence electrons. The molecular formula is C12H16ClNO4. The highest BCUT2D eigenvalue weighted by atomic mass is 35.5. The lowest BCUT2D eigenvalue weighted by Gasteiger charge is -2.19. The molecule has 1 aromatic carbocycles. The lowest BCUT2D eigenvalue weighted by molar-refractivity contribution is -0.139. The minimum Gasteiger partial charge on any atom is -0.493 e. The number of ether oxygens (including phenoxy) is 2. The molecule has 1 rings (SSSR count). The summed E-state index contributed by atoms with van der Waals surface area (Å²) in [4.78, 5) is 10.9. The van der Waals surface area contributed by atoms with Gasteiger partial charge >= 0.3 is 5.97 Å². The van der Waals surface area contributed by atoms with Crippen molar-refractivity contribution in [3.63, 3.8) is 0 Å². The Morgan fingerprint density at radius 3 is 2.44 bits per heavy atom. The fourth-order valence-corrected chi connectivity index (χ4v) is 1.92. The highest BCUT2D eigenvalue weighted by Gasteiger charge is 2.23. The molecule has 0 aromatic heterocycles. The van der Waals surface area contributed by atoms with Gasteiger partial charge in [0.15, 0.2) is 11.5 Å². The molecule has 18 heavy (non-hydrogen) atoms. The summed E-state index contributed by atoms with van der Waals surface area (Å²) in [6.07, 6.45) is 0. The first kappa shape index (κ1) is 14.6. The van der Waals surface area contributed by atoms with E-state index < -0.39 is 12.0 Å². The molecule has 0 aliphatic rings. The van der Waals surface area contributed by atoms with Crippen LogP contribution in [0.4, 0.5) is 0 Å². The van der Waals surface area contributed by atoms with Gasteiger partial charge in [0.2, 0.25) is 0 Å². The molecule has 1 unspecified atom stereocenters. The zero-order chi connectivity index (χ0) is 13.9. The maximum absolute atomic E-state index is 10.9. The number of carbonyl (C=O) groups is 1. The smallest absolute Gasteiger partial charge is 0.321 e. The molecular weight excluding hydrogens is 258 g/mol. The number of carboxylic acids is 1. The van der Waals surface area contributed by atoms with E-state index in [1.54, 1.807) is 19.1 Å². The van der Waals surface area contributed by atoms with Crippen molar-refractivity contribution in [3.05, 3.63) is 22.7 Å². The highest BCUT2D eigenvalue weighted by Crippen LogP contribution is 2.38. The van der Waals surface area contributed by atoms with Crippen LogP contribution in [0.25, 0.3) is 0 Å². The molecule has 2 atom stereocenters. The maximum Gasteiger partial charge on any atom is 0.321 e. The van der Waals surface area contributed by atoms with Crippen molar-refractivity contribution in [2.24, 2.45) is 5.73 Å². The molecule has 0 heterocycles. The van der Waals surface area contributed by atoms with Gasteiger partial charge in [-0.25, -0.2) is 0 Å². The number of hydrogen-bond acceptors (Lipinski definition) is 4. The van der Waals surface area contributed by atoms with Gasteiger partial charge in [-0.3, -0.25) is 4.79 Å². The SMILES string of the molecule is COc1cc(C(C)[C@@H](N)C(=O)O)cc(Cl)c1OC. The van der Waals surface area contributed by atoms with Gasteiger partial charge < -0.3 is 20.3 Å². The number of methoxy groups -OCH3 is 2. The standard InChI is InChI=1S/C12H16ClNO4/c1-6(10(14)12(15)16)7-4-8(13)11(18-3)9(5-7)17-2/h4-6,10H,14H2,1-3H3,(H,15,16)/t6?,10-/m1/s1. The van der Waals surface area contributed by atoms with Gasteiger partial charge in [0.1, 0.15) is 6.04 Å². The molecule has 6 heteroatoms. The van der Waals surface area contributed by atoms with Crippen molar-refractivity contribution >= 4 is 17.6 Å². The Balaban J connectivity index is 3.19. The van der Waals surface area contributed by atoms with Gasteiger partial charge in [0.25, 0.3) is 0 Å². The van der Waals surface area contributed by atoms with Gasteiger partial charge in [-0.05, 0) is 17.7 Å². The van der Waals surface area contributed by atoms with E-state index in [1.165, 1.54) is 14.2 Å². The average Bonchev–Trinajstić information content (AvgIpc) is 2.35. The number of nitrogens with two attached hydrogens (primary N) is 1. The van der Waals surface area contributed by atoms with Crippen LogP contribution in [-0.2, 0) is 4.79 Å². The Labute approximate surface area is 110 Å². The Morgan fingerprint density at radius 1 is 1.39 bits per heavy atom.